The normalized spacial score (nSPS) is 22.5. The van der Waals surface area contributed by atoms with Crippen molar-refractivity contribution in [3.63, 3.8) is 0 Å². The molecular weight excluding hydrogens is 330 g/mol. The number of likely N-dealkylation sites (N-methyl/N-ethyl adjacent to an activating group) is 1. The first-order chi connectivity index (χ1) is 9.99. The van der Waals surface area contributed by atoms with Crippen molar-refractivity contribution in [2.24, 2.45) is 0 Å². The molecule has 1 aromatic rings. The summed E-state index contributed by atoms with van der Waals surface area (Å²) < 4.78 is 0.979. The van der Waals surface area contributed by atoms with Crippen molar-refractivity contribution in [1.82, 2.24) is 4.90 Å². The Balaban J connectivity index is 2.04. The smallest absolute Gasteiger partial charge is 0.246 e. The van der Waals surface area contributed by atoms with Gasteiger partial charge in [0, 0.05) is 17.6 Å². The van der Waals surface area contributed by atoms with Crippen LogP contribution in [0.15, 0.2) is 28.7 Å². The van der Waals surface area contributed by atoms with E-state index in [-0.39, 0.29) is 11.9 Å². The molecule has 114 valence electrons. The average molecular weight is 352 g/mol. The molecule has 0 bridgehead atoms. The molecule has 21 heavy (non-hydrogen) atoms. The van der Waals surface area contributed by atoms with Crippen LogP contribution in [0.2, 0.25) is 0 Å². The molecule has 1 aliphatic carbocycles. The van der Waals surface area contributed by atoms with E-state index in [0.717, 1.165) is 35.7 Å². The average Bonchev–Trinajstić information content (AvgIpc) is 2.46. The highest BCUT2D eigenvalue weighted by molar-refractivity contribution is 9.10. The van der Waals surface area contributed by atoms with Gasteiger partial charge in [0.25, 0.3) is 0 Å². The van der Waals surface area contributed by atoms with E-state index >= 15 is 0 Å². The Morgan fingerprint density at radius 2 is 2.10 bits per heavy atom. The fourth-order valence-electron chi connectivity index (χ4n) is 2.75. The third kappa shape index (κ3) is 4.17. The minimum Gasteiger partial charge on any atom is -0.391 e. The zero-order valence-electron chi connectivity index (χ0n) is 12.6. The second kappa shape index (κ2) is 7.23. The molecule has 1 amide bonds. The minimum absolute atomic E-state index is 0.0580. The maximum absolute atomic E-state index is 12.3. The van der Waals surface area contributed by atoms with Gasteiger partial charge in [-0.15, -0.1) is 0 Å². The van der Waals surface area contributed by atoms with Crippen molar-refractivity contribution in [2.45, 2.75) is 44.8 Å². The molecule has 2 atom stereocenters. The summed E-state index contributed by atoms with van der Waals surface area (Å²) in [5.41, 5.74) is 2.15. The molecule has 0 saturated heterocycles. The summed E-state index contributed by atoms with van der Waals surface area (Å²) in [6.07, 6.45) is 6.79. The molecule has 0 spiro atoms. The molecule has 1 N–H and O–H groups in total. The van der Waals surface area contributed by atoms with Gasteiger partial charge >= 0.3 is 0 Å². The number of aliphatic hydroxyl groups is 1. The lowest BCUT2D eigenvalue weighted by molar-refractivity contribution is -0.130. The minimum atomic E-state index is -0.396. The third-order valence-electron chi connectivity index (χ3n) is 4.10. The summed E-state index contributed by atoms with van der Waals surface area (Å²) in [5, 5.41) is 10.0. The van der Waals surface area contributed by atoms with Gasteiger partial charge in [0.15, 0.2) is 0 Å². The van der Waals surface area contributed by atoms with E-state index in [1.54, 1.807) is 18.0 Å². The van der Waals surface area contributed by atoms with Crippen molar-refractivity contribution in [3.05, 3.63) is 39.9 Å². The van der Waals surface area contributed by atoms with E-state index in [1.807, 2.05) is 31.2 Å². The topological polar surface area (TPSA) is 40.5 Å². The number of rotatable bonds is 3. The first-order valence-corrected chi connectivity index (χ1v) is 8.17. The molecule has 3 nitrogen and oxygen atoms in total. The van der Waals surface area contributed by atoms with Gasteiger partial charge in [0.05, 0.1) is 12.1 Å². The SMILES string of the molecule is Cc1ccc(/C=C/C(=O)N(C)C2CCCCC2O)c(Br)c1. The Kier molecular flexibility index (Phi) is 5.59. The number of carbonyl (C=O) groups is 1. The van der Waals surface area contributed by atoms with Gasteiger partial charge in [-0.3, -0.25) is 4.79 Å². The number of hydrogen-bond donors (Lipinski definition) is 1. The lowest BCUT2D eigenvalue weighted by atomic mass is 9.91. The van der Waals surface area contributed by atoms with Crippen LogP contribution in [0.1, 0.15) is 36.8 Å². The van der Waals surface area contributed by atoms with Crippen LogP contribution < -0.4 is 0 Å². The Labute approximate surface area is 134 Å². The maximum atomic E-state index is 12.3. The Bertz CT molecular complexity index is 542. The number of benzene rings is 1. The van der Waals surface area contributed by atoms with Crippen molar-refractivity contribution in [1.29, 1.82) is 0 Å². The van der Waals surface area contributed by atoms with Gasteiger partial charge in [-0.2, -0.15) is 0 Å². The predicted molar refractivity (Wildman–Crippen MR) is 88.9 cm³/mol. The fraction of sp³-hybridized carbons (Fsp3) is 0.471. The standard InChI is InChI=1S/C17H22BrNO2/c1-12-7-8-13(14(18)11-12)9-10-17(21)19(2)15-5-3-4-6-16(15)20/h7-11,15-16,20H,3-6H2,1-2H3/b10-9+. The molecule has 1 saturated carbocycles. The quantitative estimate of drug-likeness (QED) is 0.846. The van der Waals surface area contributed by atoms with Crippen molar-refractivity contribution in [3.8, 4) is 0 Å². The molecule has 0 aromatic heterocycles. The van der Waals surface area contributed by atoms with Gasteiger partial charge in [-0.1, -0.05) is 40.9 Å². The first-order valence-electron chi connectivity index (χ1n) is 7.38. The molecule has 1 aromatic carbocycles. The number of aliphatic hydroxyl groups excluding tert-OH is 1. The summed E-state index contributed by atoms with van der Waals surface area (Å²) in [5.74, 6) is -0.0616. The highest BCUT2D eigenvalue weighted by Crippen LogP contribution is 2.23. The number of amides is 1. The molecule has 2 unspecified atom stereocenters. The molecular formula is C17H22BrNO2. The lowest BCUT2D eigenvalue weighted by Crippen LogP contribution is -2.45. The Hall–Kier alpha value is -1.13. The van der Waals surface area contributed by atoms with Crippen molar-refractivity contribution >= 4 is 27.9 Å². The number of aryl methyl sites for hydroxylation is 1. The number of carbonyl (C=O) groups excluding carboxylic acids is 1. The molecule has 2 rings (SSSR count). The van der Waals surface area contributed by atoms with Gasteiger partial charge in [-0.25, -0.2) is 0 Å². The zero-order chi connectivity index (χ0) is 15.4. The number of halogens is 1. The van der Waals surface area contributed by atoms with Gasteiger partial charge in [0.1, 0.15) is 0 Å². The monoisotopic (exact) mass is 351 g/mol. The van der Waals surface area contributed by atoms with E-state index < -0.39 is 6.10 Å². The van der Waals surface area contributed by atoms with Crippen LogP contribution in [0.3, 0.4) is 0 Å². The largest absolute Gasteiger partial charge is 0.391 e. The van der Waals surface area contributed by atoms with E-state index in [0.29, 0.717) is 0 Å². The lowest BCUT2D eigenvalue weighted by Gasteiger charge is -2.34. The summed E-state index contributed by atoms with van der Waals surface area (Å²) >= 11 is 3.50. The van der Waals surface area contributed by atoms with Crippen LogP contribution in [0.5, 0.6) is 0 Å². The molecule has 1 fully saturated rings. The zero-order valence-corrected chi connectivity index (χ0v) is 14.1. The molecule has 0 aliphatic heterocycles. The van der Waals surface area contributed by atoms with E-state index in [4.69, 9.17) is 0 Å². The van der Waals surface area contributed by atoms with Crippen LogP contribution in [0, 0.1) is 6.92 Å². The highest BCUT2D eigenvalue weighted by atomic mass is 79.9. The molecule has 4 heteroatoms. The number of hydrogen-bond acceptors (Lipinski definition) is 2. The van der Waals surface area contributed by atoms with Crippen LogP contribution in [0.25, 0.3) is 6.08 Å². The molecule has 0 heterocycles. The third-order valence-corrected chi connectivity index (χ3v) is 4.79. The number of nitrogens with zero attached hydrogens (tertiary/aromatic N) is 1. The Morgan fingerprint density at radius 1 is 1.38 bits per heavy atom. The highest BCUT2D eigenvalue weighted by Gasteiger charge is 2.28. The van der Waals surface area contributed by atoms with E-state index in [2.05, 4.69) is 15.9 Å². The molecule has 1 aliphatic rings. The summed E-state index contributed by atoms with van der Waals surface area (Å²) in [6, 6.07) is 5.97. The second-order valence-corrected chi connectivity index (χ2v) is 6.58. The van der Waals surface area contributed by atoms with Crippen LogP contribution >= 0.6 is 15.9 Å². The summed E-state index contributed by atoms with van der Waals surface area (Å²) in [6.45, 7) is 2.03. The van der Waals surface area contributed by atoms with Gasteiger partial charge < -0.3 is 10.0 Å². The summed E-state index contributed by atoms with van der Waals surface area (Å²) in [4.78, 5) is 13.9. The fourth-order valence-corrected chi connectivity index (χ4v) is 3.38. The van der Waals surface area contributed by atoms with E-state index in [1.165, 1.54) is 5.56 Å². The van der Waals surface area contributed by atoms with Gasteiger partial charge in [-0.05, 0) is 43.0 Å². The second-order valence-electron chi connectivity index (χ2n) is 5.73. The first kappa shape index (κ1) is 16.2. The van der Waals surface area contributed by atoms with Crippen molar-refractivity contribution in [2.75, 3.05) is 7.05 Å². The van der Waals surface area contributed by atoms with E-state index in [9.17, 15) is 9.90 Å². The molecule has 0 radical (unpaired) electrons. The van der Waals surface area contributed by atoms with Crippen LogP contribution in [-0.2, 0) is 4.79 Å². The maximum Gasteiger partial charge on any atom is 0.246 e. The Morgan fingerprint density at radius 3 is 2.76 bits per heavy atom. The summed E-state index contributed by atoms with van der Waals surface area (Å²) in [7, 11) is 1.77. The van der Waals surface area contributed by atoms with Gasteiger partial charge in [0.2, 0.25) is 5.91 Å². The predicted octanol–water partition coefficient (Wildman–Crippen LogP) is 3.53. The van der Waals surface area contributed by atoms with Crippen LogP contribution in [-0.4, -0.2) is 35.1 Å². The van der Waals surface area contributed by atoms with Crippen LogP contribution in [0.4, 0.5) is 0 Å². The van der Waals surface area contributed by atoms with Crippen molar-refractivity contribution < 1.29 is 9.90 Å².